The molecule has 1 aromatic heterocycles. The zero-order valence-corrected chi connectivity index (χ0v) is 13.4. The van der Waals surface area contributed by atoms with E-state index in [2.05, 4.69) is 5.10 Å². The van der Waals surface area contributed by atoms with E-state index in [0.29, 0.717) is 17.2 Å². The summed E-state index contributed by atoms with van der Waals surface area (Å²) in [6.07, 6.45) is 2.04. The smallest absolute Gasteiger partial charge is 0.184 e. The fraction of sp³-hybridized carbons (Fsp3) is 0.400. The van der Waals surface area contributed by atoms with Crippen LogP contribution in [0.5, 0.6) is 11.5 Å². The molecule has 22 heavy (non-hydrogen) atoms. The van der Waals surface area contributed by atoms with Crippen molar-refractivity contribution in [3.63, 3.8) is 0 Å². The molecule has 0 amide bonds. The van der Waals surface area contributed by atoms with Crippen molar-refractivity contribution in [2.75, 3.05) is 14.2 Å². The van der Waals surface area contributed by atoms with Crippen molar-refractivity contribution in [3.8, 4) is 11.5 Å². The number of fused-ring (bicyclic) bond motifs is 1. The Labute approximate surface area is 129 Å². The van der Waals surface area contributed by atoms with Gasteiger partial charge >= 0.3 is 0 Å². The highest BCUT2D eigenvalue weighted by atomic mass is 32.2. The van der Waals surface area contributed by atoms with Crippen molar-refractivity contribution in [2.45, 2.75) is 30.0 Å². The van der Waals surface area contributed by atoms with E-state index in [4.69, 9.17) is 9.47 Å². The molecule has 1 aromatic carbocycles. The molecule has 2 aromatic rings. The fourth-order valence-corrected chi connectivity index (χ4v) is 3.94. The number of hydrogen-bond donors (Lipinski definition) is 0. The highest BCUT2D eigenvalue weighted by molar-refractivity contribution is 7.90. The summed E-state index contributed by atoms with van der Waals surface area (Å²) in [5.74, 6) is 0.793. The highest BCUT2D eigenvalue weighted by Crippen LogP contribution is 2.30. The maximum Gasteiger partial charge on any atom is 0.184 e. The van der Waals surface area contributed by atoms with Gasteiger partial charge in [0, 0.05) is 18.3 Å². The lowest BCUT2D eigenvalue weighted by atomic mass is 10.3. The van der Waals surface area contributed by atoms with E-state index in [0.717, 1.165) is 25.1 Å². The molecular formula is C15H18N2O4S. The lowest BCUT2D eigenvalue weighted by molar-refractivity contribution is 0.354. The molecule has 0 spiro atoms. The molecule has 0 bridgehead atoms. The van der Waals surface area contributed by atoms with Crippen LogP contribution < -0.4 is 9.47 Å². The molecule has 0 radical (unpaired) electrons. The second kappa shape index (κ2) is 5.64. The minimum Gasteiger partial charge on any atom is -0.493 e. The maximum atomic E-state index is 12.6. The predicted octanol–water partition coefficient (Wildman–Crippen LogP) is 1.82. The molecule has 0 atom stereocenters. The minimum atomic E-state index is -3.47. The second-order valence-electron chi connectivity index (χ2n) is 5.23. The number of aryl methyl sites for hydroxylation is 2. The van der Waals surface area contributed by atoms with E-state index in [-0.39, 0.29) is 10.6 Å². The first-order valence-electron chi connectivity index (χ1n) is 7.04. The number of aromatic nitrogens is 2. The Bertz CT molecular complexity index is 774. The number of nitrogens with zero attached hydrogens (tertiary/aromatic N) is 2. The van der Waals surface area contributed by atoms with Gasteiger partial charge in [-0.25, -0.2) is 8.42 Å². The van der Waals surface area contributed by atoms with Gasteiger partial charge in [-0.1, -0.05) is 0 Å². The van der Waals surface area contributed by atoms with Gasteiger partial charge in [-0.3, -0.25) is 4.68 Å². The van der Waals surface area contributed by atoms with Crippen LogP contribution in [0.1, 0.15) is 17.8 Å². The molecule has 3 rings (SSSR count). The zero-order valence-electron chi connectivity index (χ0n) is 12.6. The van der Waals surface area contributed by atoms with Crippen LogP contribution in [-0.4, -0.2) is 32.4 Å². The summed E-state index contributed by atoms with van der Waals surface area (Å²) in [6, 6.07) is 6.49. The Morgan fingerprint density at radius 1 is 1.18 bits per heavy atom. The number of hydrogen-bond acceptors (Lipinski definition) is 5. The monoisotopic (exact) mass is 322 g/mol. The Morgan fingerprint density at radius 2 is 1.95 bits per heavy atom. The van der Waals surface area contributed by atoms with Gasteiger partial charge < -0.3 is 9.47 Å². The van der Waals surface area contributed by atoms with Gasteiger partial charge in [0.15, 0.2) is 21.3 Å². The largest absolute Gasteiger partial charge is 0.493 e. The van der Waals surface area contributed by atoms with Crippen molar-refractivity contribution in [1.29, 1.82) is 0 Å². The molecule has 0 saturated heterocycles. The van der Waals surface area contributed by atoms with Crippen LogP contribution in [0.15, 0.2) is 29.2 Å². The second-order valence-corrected chi connectivity index (χ2v) is 7.22. The van der Waals surface area contributed by atoms with Crippen LogP contribution in [0.25, 0.3) is 0 Å². The number of benzene rings is 1. The van der Waals surface area contributed by atoms with E-state index in [1.54, 1.807) is 6.07 Å². The van der Waals surface area contributed by atoms with Crippen molar-refractivity contribution < 1.29 is 17.9 Å². The van der Waals surface area contributed by atoms with Crippen LogP contribution in [0.2, 0.25) is 0 Å². The van der Waals surface area contributed by atoms with Crippen molar-refractivity contribution in [3.05, 3.63) is 35.7 Å². The Kier molecular flexibility index (Phi) is 3.82. The number of methoxy groups -OCH3 is 2. The summed E-state index contributed by atoms with van der Waals surface area (Å²) >= 11 is 0. The third kappa shape index (κ3) is 2.68. The fourth-order valence-electron chi connectivity index (χ4n) is 2.68. The van der Waals surface area contributed by atoms with E-state index >= 15 is 0 Å². The summed E-state index contributed by atoms with van der Waals surface area (Å²) in [4.78, 5) is 0.207. The standard InChI is InChI=1S/C15H18N2O4S/c1-20-14-6-5-13(9-15(14)21-2)22(18,19)10-11-8-12-4-3-7-17(12)16-11/h5-6,8-9H,3-4,7,10H2,1-2H3. The average Bonchev–Trinajstić information content (AvgIpc) is 3.07. The topological polar surface area (TPSA) is 70.4 Å². The lowest BCUT2D eigenvalue weighted by Gasteiger charge is -2.09. The molecule has 0 aliphatic carbocycles. The number of ether oxygens (including phenoxy) is 2. The molecule has 0 unspecified atom stereocenters. The molecular weight excluding hydrogens is 304 g/mol. The molecule has 2 heterocycles. The van der Waals surface area contributed by atoms with Gasteiger partial charge in [0.25, 0.3) is 0 Å². The molecule has 0 saturated carbocycles. The highest BCUT2D eigenvalue weighted by Gasteiger charge is 2.21. The minimum absolute atomic E-state index is 0.109. The first kappa shape index (κ1) is 14.9. The molecule has 118 valence electrons. The third-order valence-electron chi connectivity index (χ3n) is 3.77. The van der Waals surface area contributed by atoms with E-state index < -0.39 is 9.84 Å². The van der Waals surface area contributed by atoms with Crippen LogP contribution in [0, 0.1) is 0 Å². The SMILES string of the molecule is COc1ccc(S(=O)(=O)Cc2cc3n(n2)CCC3)cc1OC. The molecule has 0 N–H and O–H groups in total. The van der Waals surface area contributed by atoms with Crippen molar-refractivity contribution in [1.82, 2.24) is 9.78 Å². The molecule has 7 heteroatoms. The summed E-state index contributed by atoms with van der Waals surface area (Å²) in [6.45, 7) is 0.867. The van der Waals surface area contributed by atoms with Crippen molar-refractivity contribution in [2.24, 2.45) is 0 Å². The third-order valence-corrected chi connectivity index (χ3v) is 5.42. The molecule has 0 fully saturated rings. The summed E-state index contributed by atoms with van der Waals surface area (Å²) < 4.78 is 37.3. The summed E-state index contributed by atoms with van der Waals surface area (Å²) in [5.41, 5.74) is 1.70. The lowest BCUT2D eigenvalue weighted by Crippen LogP contribution is -2.07. The van der Waals surface area contributed by atoms with E-state index in [1.165, 1.54) is 26.4 Å². The predicted molar refractivity (Wildman–Crippen MR) is 81.0 cm³/mol. The normalized spacial score (nSPS) is 13.9. The van der Waals surface area contributed by atoms with E-state index in [1.807, 2.05) is 10.7 Å². The summed E-state index contributed by atoms with van der Waals surface area (Å²) in [5, 5.41) is 4.36. The van der Waals surface area contributed by atoms with Gasteiger partial charge in [0.2, 0.25) is 0 Å². The van der Waals surface area contributed by atoms with Crippen molar-refractivity contribution >= 4 is 9.84 Å². The first-order valence-corrected chi connectivity index (χ1v) is 8.69. The zero-order chi connectivity index (χ0) is 15.7. The van der Waals surface area contributed by atoms with Crippen LogP contribution in [0.3, 0.4) is 0 Å². The van der Waals surface area contributed by atoms with Crippen LogP contribution >= 0.6 is 0 Å². The Hall–Kier alpha value is -2.02. The average molecular weight is 322 g/mol. The Balaban J connectivity index is 1.88. The van der Waals surface area contributed by atoms with Gasteiger partial charge in [-0.2, -0.15) is 5.10 Å². The van der Waals surface area contributed by atoms with Gasteiger partial charge in [0.1, 0.15) is 0 Å². The van der Waals surface area contributed by atoms with Gasteiger partial charge in [0.05, 0.1) is 30.6 Å². The number of rotatable bonds is 5. The maximum absolute atomic E-state index is 12.6. The summed E-state index contributed by atoms with van der Waals surface area (Å²) in [7, 11) is -0.477. The molecule has 1 aliphatic rings. The molecule has 1 aliphatic heterocycles. The number of sulfone groups is 1. The first-order chi connectivity index (χ1) is 10.5. The van der Waals surface area contributed by atoms with Gasteiger partial charge in [-0.05, 0) is 31.0 Å². The van der Waals surface area contributed by atoms with Crippen LogP contribution in [-0.2, 0) is 28.6 Å². The van der Waals surface area contributed by atoms with Gasteiger partial charge in [-0.15, -0.1) is 0 Å². The Morgan fingerprint density at radius 3 is 2.64 bits per heavy atom. The van der Waals surface area contributed by atoms with Crippen LogP contribution in [0.4, 0.5) is 0 Å². The van der Waals surface area contributed by atoms with E-state index in [9.17, 15) is 8.42 Å². The quantitative estimate of drug-likeness (QED) is 0.840. The molecule has 6 nitrogen and oxygen atoms in total.